The van der Waals surface area contributed by atoms with Gasteiger partial charge in [-0.3, -0.25) is 0 Å². The first-order valence-electron chi connectivity index (χ1n) is 5.77. The summed E-state index contributed by atoms with van der Waals surface area (Å²) in [6.07, 6.45) is 3.07. The number of carbonyl (C=O) groups is 1. The van der Waals surface area contributed by atoms with Gasteiger partial charge >= 0.3 is 5.97 Å². The van der Waals surface area contributed by atoms with Crippen LogP contribution in [0, 0.1) is 0 Å². The summed E-state index contributed by atoms with van der Waals surface area (Å²) < 4.78 is 10.8. The highest BCUT2D eigenvalue weighted by Gasteiger charge is 2.50. The van der Waals surface area contributed by atoms with Gasteiger partial charge in [0.15, 0.2) is 0 Å². The second-order valence-corrected chi connectivity index (χ2v) is 10.7. The largest absolute Gasteiger partial charge is 0.466 e. The molecule has 3 nitrogen and oxygen atoms in total. The third-order valence-electron chi connectivity index (χ3n) is 3.40. The van der Waals surface area contributed by atoms with Gasteiger partial charge in [0.1, 0.15) is 0 Å². The molecule has 0 saturated carbocycles. The third kappa shape index (κ3) is 2.22. The highest BCUT2D eigenvalue weighted by atomic mass is 28.3. The molecule has 0 aromatic carbocycles. The van der Waals surface area contributed by atoms with E-state index in [9.17, 15) is 4.79 Å². The van der Waals surface area contributed by atoms with Crippen molar-refractivity contribution in [2.24, 2.45) is 0 Å². The standard InChI is InChI=1S/C12H22O3Si/c1-10(11(13)14-2)12(16(3,4)5)8-6-7-9-15-12/h1,6-9H2,2-5H3. The van der Waals surface area contributed by atoms with Crippen LogP contribution in [0.15, 0.2) is 12.2 Å². The summed E-state index contributed by atoms with van der Waals surface area (Å²) in [4.78, 5) is 11.7. The Morgan fingerprint density at radius 3 is 2.38 bits per heavy atom. The zero-order valence-corrected chi connectivity index (χ0v) is 11.8. The van der Waals surface area contributed by atoms with E-state index in [1.54, 1.807) is 0 Å². The zero-order valence-electron chi connectivity index (χ0n) is 10.8. The Hall–Kier alpha value is -0.613. The summed E-state index contributed by atoms with van der Waals surface area (Å²) in [6, 6.07) is 0. The Morgan fingerprint density at radius 1 is 1.38 bits per heavy atom. The molecule has 1 heterocycles. The van der Waals surface area contributed by atoms with Gasteiger partial charge in [-0.15, -0.1) is 0 Å². The number of ether oxygens (including phenoxy) is 2. The summed E-state index contributed by atoms with van der Waals surface area (Å²) in [6.45, 7) is 11.3. The Balaban J connectivity index is 3.04. The lowest BCUT2D eigenvalue weighted by atomic mass is 10.0. The van der Waals surface area contributed by atoms with Crippen LogP contribution in [-0.4, -0.2) is 33.0 Å². The molecule has 1 atom stereocenters. The Labute approximate surface area is 98.8 Å². The molecule has 16 heavy (non-hydrogen) atoms. The molecular weight excluding hydrogens is 220 g/mol. The molecular formula is C12H22O3Si. The topological polar surface area (TPSA) is 35.5 Å². The van der Waals surface area contributed by atoms with Crippen LogP contribution in [0.2, 0.25) is 19.6 Å². The van der Waals surface area contributed by atoms with Crippen molar-refractivity contribution in [3.63, 3.8) is 0 Å². The predicted molar refractivity (Wildman–Crippen MR) is 67.0 cm³/mol. The molecule has 1 aliphatic heterocycles. The van der Waals surface area contributed by atoms with Gasteiger partial charge < -0.3 is 9.47 Å². The third-order valence-corrected chi connectivity index (χ3v) is 6.52. The van der Waals surface area contributed by atoms with E-state index in [1.807, 2.05) is 0 Å². The second kappa shape index (κ2) is 4.71. The first-order chi connectivity index (χ1) is 7.35. The zero-order chi connectivity index (χ0) is 12.4. The molecule has 0 amide bonds. The molecule has 0 aliphatic carbocycles. The van der Waals surface area contributed by atoms with E-state index in [0.717, 1.165) is 25.9 Å². The second-order valence-electron chi connectivity index (χ2n) is 5.35. The van der Waals surface area contributed by atoms with Crippen molar-refractivity contribution < 1.29 is 14.3 Å². The van der Waals surface area contributed by atoms with E-state index in [-0.39, 0.29) is 5.97 Å². The Morgan fingerprint density at radius 2 is 2.00 bits per heavy atom. The van der Waals surface area contributed by atoms with E-state index in [1.165, 1.54) is 7.11 Å². The maximum absolute atomic E-state index is 11.7. The highest BCUT2D eigenvalue weighted by molar-refractivity contribution is 6.80. The van der Waals surface area contributed by atoms with E-state index >= 15 is 0 Å². The number of methoxy groups -OCH3 is 1. The number of carbonyl (C=O) groups excluding carboxylic acids is 1. The van der Waals surface area contributed by atoms with Gasteiger partial charge in [0, 0.05) is 6.61 Å². The minimum absolute atomic E-state index is 0.329. The van der Waals surface area contributed by atoms with Crippen molar-refractivity contribution in [1.82, 2.24) is 0 Å². The fourth-order valence-electron chi connectivity index (χ4n) is 2.36. The van der Waals surface area contributed by atoms with Crippen LogP contribution in [0.1, 0.15) is 19.3 Å². The maximum Gasteiger partial charge on any atom is 0.335 e. The minimum atomic E-state index is -1.67. The summed E-state index contributed by atoms with van der Waals surface area (Å²) >= 11 is 0. The lowest BCUT2D eigenvalue weighted by molar-refractivity contribution is -0.139. The molecule has 0 radical (unpaired) electrons. The molecule has 0 N–H and O–H groups in total. The van der Waals surface area contributed by atoms with E-state index < -0.39 is 13.3 Å². The van der Waals surface area contributed by atoms with Crippen LogP contribution in [0.5, 0.6) is 0 Å². The average molecular weight is 242 g/mol. The van der Waals surface area contributed by atoms with Crippen LogP contribution in [0.4, 0.5) is 0 Å². The van der Waals surface area contributed by atoms with Crippen LogP contribution < -0.4 is 0 Å². The van der Waals surface area contributed by atoms with Crippen LogP contribution in [-0.2, 0) is 14.3 Å². The van der Waals surface area contributed by atoms with Crippen LogP contribution >= 0.6 is 0 Å². The Kier molecular flexibility index (Phi) is 3.96. The number of hydrogen-bond donors (Lipinski definition) is 0. The van der Waals surface area contributed by atoms with E-state index in [4.69, 9.17) is 9.47 Å². The fraction of sp³-hybridized carbons (Fsp3) is 0.750. The van der Waals surface area contributed by atoms with Crippen molar-refractivity contribution in [3.05, 3.63) is 12.2 Å². The van der Waals surface area contributed by atoms with Gasteiger partial charge in [0.05, 0.1) is 26.0 Å². The monoisotopic (exact) mass is 242 g/mol. The van der Waals surface area contributed by atoms with Crippen LogP contribution in [0.3, 0.4) is 0 Å². The quantitative estimate of drug-likeness (QED) is 0.433. The van der Waals surface area contributed by atoms with Gasteiger partial charge in [-0.05, 0) is 19.3 Å². The lowest BCUT2D eigenvalue weighted by Crippen LogP contribution is -2.58. The molecule has 1 aliphatic rings. The summed E-state index contributed by atoms with van der Waals surface area (Å²) in [5.41, 5.74) is 0.508. The van der Waals surface area contributed by atoms with Gasteiger partial charge in [0.2, 0.25) is 0 Å². The predicted octanol–water partition coefficient (Wildman–Crippen LogP) is 2.53. The molecule has 0 aromatic rings. The Bertz CT molecular complexity index is 285. The first kappa shape index (κ1) is 13.5. The molecule has 0 aromatic heterocycles. The SMILES string of the molecule is C=C(C(=O)OC)C1([Si](C)(C)C)CCCCO1. The molecule has 1 rings (SSSR count). The van der Waals surface area contributed by atoms with Gasteiger partial charge in [-0.1, -0.05) is 26.2 Å². The first-order valence-corrected chi connectivity index (χ1v) is 9.27. The van der Waals surface area contributed by atoms with Crippen molar-refractivity contribution in [2.45, 2.75) is 44.1 Å². The molecule has 1 fully saturated rings. The molecule has 92 valence electrons. The van der Waals surface area contributed by atoms with Crippen molar-refractivity contribution >= 4 is 14.0 Å². The maximum atomic E-state index is 11.7. The van der Waals surface area contributed by atoms with E-state index in [2.05, 4.69) is 26.2 Å². The molecule has 0 spiro atoms. The number of esters is 1. The van der Waals surface area contributed by atoms with Gasteiger partial charge in [-0.2, -0.15) is 0 Å². The molecule has 1 saturated heterocycles. The molecule has 4 heteroatoms. The van der Waals surface area contributed by atoms with Crippen molar-refractivity contribution in [1.29, 1.82) is 0 Å². The molecule has 0 bridgehead atoms. The summed E-state index contributed by atoms with van der Waals surface area (Å²) in [5.74, 6) is -0.329. The lowest BCUT2D eigenvalue weighted by Gasteiger charge is -2.46. The minimum Gasteiger partial charge on any atom is -0.466 e. The normalized spacial score (nSPS) is 26.2. The molecule has 1 unspecified atom stereocenters. The summed E-state index contributed by atoms with van der Waals surface area (Å²) in [7, 11) is -0.274. The summed E-state index contributed by atoms with van der Waals surface area (Å²) in [5, 5.41) is -0.432. The smallest absolute Gasteiger partial charge is 0.335 e. The number of hydrogen-bond acceptors (Lipinski definition) is 3. The highest BCUT2D eigenvalue weighted by Crippen LogP contribution is 2.39. The number of rotatable bonds is 3. The van der Waals surface area contributed by atoms with Crippen LogP contribution in [0.25, 0.3) is 0 Å². The van der Waals surface area contributed by atoms with Crippen molar-refractivity contribution in [2.75, 3.05) is 13.7 Å². The fourth-order valence-corrected chi connectivity index (χ4v) is 4.83. The van der Waals surface area contributed by atoms with Crippen molar-refractivity contribution in [3.8, 4) is 0 Å². The van der Waals surface area contributed by atoms with Gasteiger partial charge in [-0.25, -0.2) is 4.79 Å². The average Bonchev–Trinajstić information content (AvgIpc) is 2.26. The van der Waals surface area contributed by atoms with E-state index in [0.29, 0.717) is 5.57 Å². The van der Waals surface area contributed by atoms with Gasteiger partial charge in [0.25, 0.3) is 0 Å².